The van der Waals surface area contributed by atoms with Crippen molar-refractivity contribution in [1.82, 2.24) is 10.3 Å². The van der Waals surface area contributed by atoms with E-state index in [2.05, 4.69) is 31.5 Å². The zero-order chi connectivity index (χ0) is 9.80. The molecule has 0 aliphatic carbocycles. The van der Waals surface area contributed by atoms with Gasteiger partial charge in [-0.05, 0) is 54.0 Å². The maximum absolute atomic E-state index is 4.10. The van der Waals surface area contributed by atoms with Crippen LogP contribution >= 0.6 is 28.3 Å². The molecule has 1 aliphatic rings. The van der Waals surface area contributed by atoms with Gasteiger partial charge in [0.15, 0.2) is 0 Å². The van der Waals surface area contributed by atoms with Crippen LogP contribution in [-0.4, -0.2) is 24.1 Å². The van der Waals surface area contributed by atoms with Crippen molar-refractivity contribution in [2.75, 3.05) is 18.4 Å². The highest BCUT2D eigenvalue weighted by atomic mass is 79.9. The smallest absolute Gasteiger partial charge is 0.108 e. The van der Waals surface area contributed by atoms with E-state index in [1.54, 1.807) is 0 Å². The first kappa shape index (κ1) is 12.7. The number of piperidine rings is 1. The van der Waals surface area contributed by atoms with Crippen molar-refractivity contribution in [3.8, 4) is 0 Å². The van der Waals surface area contributed by atoms with Crippen LogP contribution in [0, 0.1) is 0 Å². The summed E-state index contributed by atoms with van der Waals surface area (Å²) in [5, 5.41) is 6.86. The normalized spacial score (nSPS) is 16.9. The van der Waals surface area contributed by atoms with E-state index in [4.69, 9.17) is 0 Å². The minimum absolute atomic E-state index is 0. The first-order valence-electron chi connectivity index (χ1n) is 4.93. The zero-order valence-electron chi connectivity index (χ0n) is 8.37. The molecule has 2 N–H and O–H groups in total. The summed E-state index contributed by atoms with van der Waals surface area (Å²) in [6.07, 6.45) is 4.20. The fourth-order valence-electron chi connectivity index (χ4n) is 1.69. The highest BCUT2D eigenvalue weighted by Gasteiger charge is 2.12. The number of hydrogen-bond acceptors (Lipinski definition) is 3. The summed E-state index contributed by atoms with van der Waals surface area (Å²) in [7, 11) is 0. The van der Waals surface area contributed by atoms with Gasteiger partial charge in [-0.1, -0.05) is 0 Å². The molecule has 0 spiro atoms. The molecule has 0 aromatic carbocycles. The van der Waals surface area contributed by atoms with Gasteiger partial charge in [-0.15, -0.1) is 12.4 Å². The highest BCUT2D eigenvalue weighted by molar-refractivity contribution is 9.10. The average Bonchev–Trinajstić information content (AvgIpc) is 2.19. The lowest BCUT2D eigenvalue weighted by Gasteiger charge is -2.24. The molecule has 2 heterocycles. The van der Waals surface area contributed by atoms with Gasteiger partial charge in [-0.3, -0.25) is 0 Å². The van der Waals surface area contributed by atoms with E-state index < -0.39 is 0 Å². The fourth-order valence-corrected chi connectivity index (χ4v) is 2.06. The molecular weight excluding hydrogens is 277 g/mol. The van der Waals surface area contributed by atoms with E-state index in [9.17, 15) is 0 Å². The number of hydrogen-bond donors (Lipinski definition) is 2. The van der Waals surface area contributed by atoms with Crippen molar-refractivity contribution in [3.05, 3.63) is 22.9 Å². The van der Waals surface area contributed by atoms with Gasteiger partial charge in [-0.25, -0.2) is 4.98 Å². The minimum Gasteiger partial charge on any atom is -0.382 e. The molecule has 0 amide bonds. The van der Waals surface area contributed by atoms with Crippen LogP contribution in [-0.2, 0) is 0 Å². The maximum Gasteiger partial charge on any atom is 0.108 e. The predicted molar refractivity (Wildman–Crippen MR) is 68.7 cm³/mol. The zero-order valence-corrected chi connectivity index (χ0v) is 10.8. The molecular formula is C10H15BrClN3. The van der Waals surface area contributed by atoms with Crippen molar-refractivity contribution < 1.29 is 0 Å². The van der Waals surface area contributed by atoms with Gasteiger partial charge < -0.3 is 10.6 Å². The molecule has 0 saturated carbocycles. The van der Waals surface area contributed by atoms with Crippen LogP contribution in [0.3, 0.4) is 0 Å². The summed E-state index contributed by atoms with van der Waals surface area (Å²) in [6.45, 7) is 2.23. The molecule has 1 aliphatic heterocycles. The fraction of sp³-hybridized carbons (Fsp3) is 0.500. The Balaban J connectivity index is 0.00000112. The lowest BCUT2D eigenvalue weighted by atomic mass is 10.1. The van der Waals surface area contributed by atoms with Crippen molar-refractivity contribution in [2.24, 2.45) is 0 Å². The molecule has 15 heavy (non-hydrogen) atoms. The molecule has 0 radical (unpaired) electrons. The third-order valence-corrected chi connectivity index (χ3v) is 2.87. The van der Waals surface area contributed by atoms with E-state index in [-0.39, 0.29) is 12.4 Å². The Morgan fingerprint density at radius 3 is 2.80 bits per heavy atom. The first-order chi connectivity index (χ1) is 6.84. The molecule has 1 saturated heterocycles. The Morgan fingerprint density at radius 1 is 1.40 bits per heavy atom. The van der Waals surface area contributed by atoms with Gasteiger partial charge in [0.2, 0.25) is 0 Å². The predicted octanol–water partition coefficient (Wildman–Crippen LogP) is 2.43. The van der Waals surface area contributed by atoms with Crippen LogP contribution in [0.4, 0.5) is 5.69 Å². The highest BCUT2D eigenvalue weighted by Crippen LogP contribution is 2.16. The Labute approximate surface area is 105 Å². The molecule has 5 heteroatoms. The summed E-state index contributed by atoms with van der Waals surface area (Å²) in [6, 6.07) is 4.63. The van der Waals surface area contributed by atoms with E-state index >= 15 is 0 Å². The Kier molecular flexibility index (Phi) is 5.36. The van der Waals surface area contributed by atoms with Crippen LogP contribution in [0.25, 0.3) is 0 Å². The van der Waals surface area contributed by atoms with Gasteiger partial charge in [0.05, 0.1) is 0 Å². The average molecular weight is 293 g/mol. The lowest BCUT2D eigenvalue weighted by Crippen LogP contribution is -2.35. The first-order valence-corrected chi connectivity index (χ1v) is 5.73. The van der Waals surface area contributed by atoms with Crippen molar-refractivity contribution in [3.63, 3.8) is 0 Å². The maximum atomic E-state index is 4.10. The van der Waals surface area contributed by atoms with Crippen LogP contribution in [0.1, 0.15) is 12.8 Å². The van der Waals surface area contributed by atoms with Crippen LogP contribution in [0.5, 0.6) is 0 Å². The van der Waals surface area contributed by atoms with Gasteiger partial charge in [-0.2, -0.15) is 0 Å². The number of pyridine rings is 1. The molecule has 84 valence electrons. The SMILES string of the molecule is Brc1cc(NC2CCNCC2)ccn1.Cl. The number of halogens is 2. The molecule has 1 fully saturated rings. The third kappa shape index (κ3) is 3.97. The Morgan fingerprint density at radius 2 is 2.13 bits per heavy atom. The van der Waals surface area contributed by atoms with E-state index in [0.29, 0.717) is 6.04 Å². The van der Waals surface area contributed by atoms with Crippen LogP contribution in [0.2, 0.25) is 0 Å². The van der Waals surface area contributed by atoms with Gasteiger partial charge in [0.1, 0.15) is 4.60 Å². The van der Waals surface area contributed by atoms with Crippen LogP contribution < -0.4 is 10.6 Å². The monoisotopic (exact) mass is 291 g/mol. The molecule has 1 aromatic rings. The summed E-state index contributed by atoms with van der Waals surface area (Å²) >= 11 is 3.36. The quantitative estimate of drug-likeness (QED) is 0.822. The number of anilines is 1. The largest absolute Gasteiger partial charge is 0.382 e. The van der Waals surface area contributed by atoms with Crippen molar-refractivity contribution in [2.45, 2.75) is 18.9 Å². The summed E-state index contributed by atoms with van der Waals surface area (Å²) in [5.41, 5.74) is 1.15. The molecule has 1 aromatic heterocycles. The second-order valence-corrected chi connectivity index (χ2v) is 4.35. The van der Waals surface area contributed by atoms with E-state index in [1.807, 2.05) is 18.3 Å². The minimum atomic E-state index is 0. The molecule has 0 bridgehead atoms. The van der Waals surface area contributed by atoms with E-state index in [0.717, 1.165) is 23.4 Å². The molecule has 0 atom stereocenters. The van der Waals surface area contributed by atoms with Crippen LogP contribution in [0.15, 0.2) is 22.9 Å². The number of nitrogens with one attached hydrogen (secondary N) is 2. The number of rotatable bonds is 2. The molecule has 0 unspecified atom stereocenters. The Hall–Kier alpha value is -0.320. The summed E-state index contributed by atoms with van der Waals surface area (Å²) in [5.74, 6) is 0. The number of aromatic nitrogens is 1. The van der Waals surface area contributed by atoms with E-state index in [1.165, 1.54) is 12.8 Å². The van der Waals surface area contributed by atoms with Gasteiger partial charge in [0, 0.05) is 17.9 Å². The molecule has 2 rings (SSSR count). The number of nitrogens with zero attached hydrogens (tertiary/aromatic N) is 1. The van der Waals surface area contributed by atoms with Crippen molar-refractivity contribution >= 4 is 34.0 Å². The molecule has 3 nitrogen and oxygen atoms in total. The topological polar surface area (TPSA) is 37.0 Å². The third-order valence-electron chi connectivity index (χ3n) is 2.44. The standard InChI is InChI=1S/C10H14BrN3.ClH/c11-10-7-9(3-6-13-10)14-8-1-4-12-5-2-8;/h3,6-8,12H,1-2,4-5H2,(H,13,14);1H. The second kappa shape index (κ2) is 6.30. The van der Waals surface area contributed by atoms with Gasteiger partial charge in [0.25, 0.3) is 0 Å². The van der Waals surface area contributed by atoms with Gasteiger partial charge >= 0.3 is 0 Å². The Bertz CT molecular complexity index is 302. The lowest BCUT2D eigenvalue weighted by molar-refractivity contribution is 0.479. The summed E-state index contributed by atoms with van der Waals surface area (Å²) < 4.78 is 0.886. The second-order valence-electron chi connectivity index (χ2n) is 3.54. The summed E-state index contributed by atoms with van der Waals surface area (Å²) in [4.78, 5) is 4.10. The van der Waals surface area contributed by atoms with Crippen molar-refractivity contribution in [1.29, 1.82) is 0 Å².